The first-order valence-electron chi connectivity index (χ1n) is 12.9. The van der Waals surface area contributed by atoms with Crippen LogP contribution >= 0.6 is 0 Å². The van der Waals surface area contributed by atoms with Crippen molar-refractivity contribution in [3.63, 3.8) is 0 Å². The van der Waals surface area contributed by atoms with Crippen molar-refractivity contribution in [1.29, 1.82) is 0 Å². The molecule has 1 N–H and O–H groups in total. The van der Waals surface area contributed by atoms with Gasteiger partial charge in [-0.3, -0.25) is 14.6 Å². The number of carbonyl (C=O) groups is 1. The molecule has 5 rings (SSSR count). The van der Waals surface area contributed by atoms with Gasteiger partial charge in [0.05, 0.1) is 19.8 Å². The van der Waals surface area contributed by atoms with E-state index in [9.17, 15) is 4.79 Å². The molecule has 0 bridgehead atoms. The van der Waals surface area contributed by atoms with E-state index in [1.807, 2.05) is 6.07 Å². The zero-order valence-electron chi connectivity index (χ0n) is 19.9. The van der Waals surface area contributed by atoms with E-state index in [1.165, 1.54) is 63.4 Å². The normalized spacial score (nSPS) is 23.2. The van der Waals surface area contributed by atoms with Crippen LogP contribution in [-0.4, -0.2) is 73.5 Å². The predicted molar refractivity (Wildman–Crippen MR) is 126 cm³/mol. The van der Waals surface area contributed by atoms with Gasteiger partial charge < -0.3 is 19.5 Å². The number of hydrogen-bond acceptors (Lipinski definition) is 6. The molecule has 182 valence electrons. The topological polar surface area (TPSA) is 63.3 Å². The van der Waals surface area contributed by atoms with Crippen molar-refractivity contribution in [3.05, 3.63) is 23.8 Å². The zero-order chi connectivity index (χ0) is 22.5. The molecule has 1 saturated heterocycles. The van der Waals surface area contributed by atoms with Crippen molar-refractivity contribution in [2.75, 3.05) is 46.2 Å². The Bertz CT molecular complexity index is 799. The second-order valence-electron chi connectivity index (χ2n) is 10.2. The highest BCUT2D eigenvalue weighted by Gasteiger charge is 2.39. The minimum Gasteiger partial charge on any atom is -0.454 e. The Morgan fingerprint density at radius 1 is 1.03 bits per heavy atom. The van der Waals surface area contributed by atoms with Gasteiger partial charge in [0, 0.05) is 37.8 Å². The molecule has 2 aliphatic heterocycles. The highest BCUT2D eigenvalue weighted by molar-refractivity contribution is 5.78. The first-order valence-corrected chi connectivity index (χ1v) is 12.9. The third kappa shape index (κ3) is 5.47. The molecule has 0 aromatic heterocycles. The molecule has 0 unspecified atom stereocenters. The largest absolute Gasteiger partial charge is 0.454 e. The molecular formula is C26H39N3O4. The van der Waals surface area contributed by atoms with Crippen molar-refractivity contribution < 1.29 is 19.0 Å². The molecule has 0 radical (unpaired) electrons. The Morgan fingerprint density at radius 3 is 2.58 bits per heavy atom. The molecule has 1 aromatic carbocycles. The van der Waals surface area contributed by atoms with Gasteiger partial charge in [0.1, 0.15) is 0 Å². The SMILES string of the molecule is O=C(CN(Cc1ccc2c(c1)OCO2)C1CCCC1)NCC1(N2CCOCC2)CCCCC1. The number of hydrogen-bond donors (Lipinski definition) is 1. The van der Waals surface area contributed by atoms with Gasteiger partial charge >= 0.3 is 0 Å². The number of benzene rings is 1. The van der Waals surface area contributed by atoms with E-state index in [0.29, 0.717) is 19.4 Å². The standard InChI is InChI=1S/C26H39N3O4/c30-25(27-19-26(10-4-1-5-11-26)29-12-14-31-15-13-29)18-28(22-6-2-3-7-22)17-21-8-9-23-24(16-21)33-20-32-23/h8-9,16,22H,1-7,10-15,17-20H2,(H,27,30). The molecule has 0 spiro atoms. The third-order valence-corrected chi connectivity index (χ3v) is 8.09. The van der Waals surface area contributed by atoms with Gasteiger partial charge in [-0.2, -0.15) is 0 Å². The number of carbonyl (C=O) groups excluding carboxylic acids is 1. The van der Waals surface area contributed by atoms with E-state index in [-0.39, 0.29) is 11.4 Å². The van der Waals surface area contributed by atoms with E-state index in [1.54, 1.807) is 0 Å². The third-order valence-electron chi connectivity index (χ3n) is 8.09. The Hall–Kier alpha value is -1.83. The number of amides is 1. The minimum atomic E-state index is 0.104. The number of rotatable bonds is 8. The van der Waals surface area contributed by atoms with Gasteiger partial charge in [-0.1, -0.05) is 38.2 Å². The fourth-order valence-corrected chi connectivity index (χ4v) is 6.21. The van der Waals surface area contributed by atoms with Crippen molar-refractivity contribution in [3.8, 4) is 11.5 Å². The van der Waals surface area contributed by atoms with Crippen LogP contribution in [0, 0.1) is 0 Å². The van der Waals surface area contributed by atoms with Gasteiger partial charge in [-0.05, 0) is 43.4 Å². The maximum Gasteiger partial charge on any atom is 0.234 e. The van der Waals surface area contributed by atoms with Crippen LogP contribution in [-0.2, 0) is 16.1 Å². The second-order valence-corrected chi connectivity index (χ2v) is 10.2. The van der Waals surface area contributed by atoms with Crippen LogP contribution in [0.2, 0.25) is 0 Å². The number of morpholine rings is 1. The van der Waals surface area contributed by atoms with Crippen LogP contribution < -0.4 is 14.8 Å². The fourth-order valence-electron chi connectivity index (χ4n) is 6.21. The molecule has 3 fully saturated rings. The molecule has 2 aliphatic carbocycles. The molecule has 1 aromatic rings. The summed E-state index contributed by atoms with van der Waals surface area (Å²) in [6.45, 7) is 5.85. The monoisotopic (exact) mass is 457 g/mol. The second kappa shape index (κ2) is 10.6. The van der Waals surface area contributed by atoms with Crippen molar-refractivity contribution in [2.24, 2.45) is 0 Å². The summed E-state index contributed by atoms with van der Waals surface area (Å²) in [4.78, 5) is 18.2. The predicted octanol–water partition coefficient (Wildman–Crippen LogP) is 3.31. The van der Waals surface area contributed by atoms with Gasteiger partial charge in [-0.25, -0.2) is 0 Å². The van der Waals surface area contributed by atoms with Gasteiger partial charge in [-0.15, -0.1) is 0 Å². The highest BCUT2D eigenvalue weighted by atomic mass is 16.7. The van der Waals surface area contributed by atoms with E-state index in [0.717, 1.165) is 50.9 Å². The minimum absolute atomic E-state index is 0.104. The fraction of sp³-hybridized carbons (Fsp3) is 0.731. The van der Waals surface area contributed by atoms with E-state index < -0.39 is 0 Å². The smallest absolute Gasteiger partial charge is 0.234 e. The molecule has 33 heavy (non-hydrogen) atoms. The van der Waals surface area contributed by atoms with E-state index in [2.05, 4.69) is 27.2 Å². The Morgan fingerprint density at radius 2 is 1.79 bits per heavy atom. The lowest BCUT2D eigenvalue weighted by Gasteiger charge is -2.48. The summed E-state index contributed by atoms with van der Waals surface area (Å²) >= 11 is 0. The molecule has 2 heterocycles. The van der Waals surface area contributed by atoms with Crippen LogP contribution in [0.4, 0.5) is 0 Å². The van der Waals surface area contributed by atoms with Gasteiger partial charge in [0.2, 0.25) is 12.7 Å². The summed E-state index contributed by atoms with van der Waals surface area (Å²) in [6.07, 6.45) is 11.0. The van der Waals surface area contributed by atoms with Gasteiger partial charge in [0.15, 0.2) is 11.5 Å². The molecular weight excluding hydrogens is 418 g/mol. The quantitative estimate of drug-likeness (QED) is 0.646. The van der Waals surface area contributed by atoms with Crippen molar-refractivity contribution in [1.82, 2.24) is 15.1 Å². The number of fused-ring (bicyclic) bond motifs is 1. The molecule has 7 heteroatoms. The number of nitrogens with one attached hydrogen (secondary N) is 1. The molecule has 0 atom stereocenters. The molecule has 1 amide bonds. The Balaban J connectivity index is 1.22. The number of nitrogens with zero attached hydrogens (tertiary/aromatic N) is 2. The Kier molecular flexibility index (Phi) is 7.38. The first kappa shape index (κ1) is 22.9. The van der Waals surface area contributed by atoms with Crippen LogP contribution in [0.5, 0.6) is 11.5 Å². The average Bonchev–Trinajstić information content (AvgIpc) is 3.56. The summed E-state index contributed by atoms with van der Waals surface area (Å²) in [6, 6.07) is 6.63. The van der Waals surface area contributed by atoms with Crippen LogP contribution in [0.25, 0.3) is 0 Å². The number of ether oxygens (including phenoxy) is 3. The summed E-state index contributed by atoms with van der Waals surface area (Å²) in [5, 5.41) is 3.36. The summed E-state index contributed by atoms with van der Waals surface area (Å²) in [5.41, 5.74) is 1.28. The maximum atomic E-state index is 13.2. The molecule has 7 nitrogen and oxygen atoms in total. The average molecular weight is 458 g/mol. The lowest BCUT2D eigenvalue weighted by Crippen LogP contribution is -2.60. The molecule has 2 saturated carbocycles. The Labute approximate surface area is 197 Å². The highest BCUT2D eigenvalue weighted by Crippen LogP contribution is 2.35. The van der Waals surface area contributed by atoms with Crippen LogP contribution in [0.1, 0.15) is 63.4 Å². The molecule has 4 aliphatic rings. The summed E-state index contributed by atoms with van der Waals surface area (Å²) < 4.78 is 16.6. The van der Waals surface area contributed by atoms with Gasteiger partial charge in [0.25, 0.3) is 0 Å². The summed E-state index contributed by atoms with van der Waals surface area (Å²) in [7, 11) is 0. The van der Waals surface area contributed by atoms with Crippen LogP contribution in [0.3, 0.4) is 0 Å². The lowest BCUT2D eigenvalue weighted by molar-refractivity contribution is -0.124. The first-order chi connectivity index (χ1) is 16.2. The van der Waals surface area contributed by atoms with E-state index in [4.69, 9.17) is 14.2 Å². The van der Waals surface area contributed by atoms with Crippen LogP contribution in [0.15, 0.2) is 18.2 Å². The maximum absolute atomic E-state index is 13.2. The summed E-state index contributed by atoms with van der Waals surface area (Å²) in [5.74, 6) is 1.78. The lowest BCUT2D eigenvalue weighted by atomic mass is 9.79. The van der Waals surface area contributed by atoms with E-state index >= 15 is 0 Å². The van der Waals surface area contributed by atoms with Crippen molar-refractivity contribution in [2.45, 2.75) is 75.9 Å². The zero-order valence-corrected chi connectivity index (χ0v) is 19.9. The van der Waals surface area contributed by atoms with Crippen molar-refractivity contribution >= 4 is 5.91 Å².